The number of hydrogen-bond acceptors (Lipinski definition) is 4. The molecule has 1 amide bonds. The molecule has 0 aliphatic carbocycles. The summed E-state index contributed by atoms with van der Waals surface area (Å²) in [5.41, 5.74) is 2.60. The maximum Gasteiger partial charge on any atom is 0.262 e. The Kier molecular flexibility index (Phi) is 5.11. The van der Waals surface area contributed by atoms with Gasteiger partial charge >= 0.3 is 0 Å². The summed E-state index contributed by atoms with van der Waals surface area (Å²) in [7, 11) is 0. The molecule has 1 N–H and O–H groups in total. The highest BCUT2D eigenvalue weighted by Gasteiger charge is 2.39. The summed E-state index contributed by atoms with van der Waals surface area (Å²) in [6.07, 6.45) is 1.17. The van der Waals surface area contributed by atoms with E-state index in [4.69, 9.17) is 27.9 Å². The standard InChI is InChI=1S/C21H17Cl2N3O2/c1-2-28-15-8-6-14(7-9-15)26-20(19-16(21(26)27)4-3-11-24-19)25-18-10-5-13(22)12-17(18)23/h3-12,20,25H,2H2,1H3/t20-/m0/s1. The van der Waals surface area contributed by atoms with Gasteiger partial charge in [0.1, 0.15) is 5.75 Å². The minimum atomic E-state index is -0.500. The summed E-state index contributed by atoms with van der Waals surface area (Å²) in [5.74, 6) is 0.619. The van der Waals surface area contributed by atoms with E-state index in [1.54, 1.807) is 41.4 Å². The van der Waals surface area contributed by atoms with Gasteiger partial charge in [-0.15, -0.1) is 0 Å². The average Bonchev–Trinajstić information content (AvgIpc) is 2.97. The van der Waals surface area contributed by atoms with Crippen molar-refractivity contribution < 1.29 is 9.53 Å². The molecule has 1 atom stereocenters. The first-order valence-corrected chi connectivity index (χ1v) is 9.57. The fourth-order valence-corrected chi connectivity index (χ4v) is 3.67. The van der Waals surface area contributed by atoms with Gasteiger partial charge in [0.25, 0.3) is 5.91 Å². The number of nitrogens with one attached hydrogen (secondary N) is 1. The molecular weight excluding hydrogens is 397 g/mol. The van der Waals surface area contributed by atoms with E-state index in [0.29, 0.717) is 33.6 Å². The molecule has 2 heterocycles. The van der Waals surface area contributed by atoms with E-state index >= 15 is 0 Å². The predicted molar refractivity (Wildman–Crippen MR) is 111 cm³/mol. The van der Waals surface area contributed by atoms with Gasteiger partial charge in [-0.25, -0.2) is 0 Å². The lowest BCUT2D eigenvalue weighted by molar-refractivity contribution is 0.0993. The first-order chi connectivity index (χ1) is 13.6. The number of anilines is 2. The Labute approximate surface area is 172 Å². The number of carbonyl (C=O) groups is 1. The van der Waals surface area contributed by atoms with Crippen molar-refractivity contribution in [1.29, 1.82) is 0 Å². The van der Waals surface area contributed by atoms with Gasteiger partial charge in [-0.2, -0.15) is 0 Å². The Morgan fingerprint density at radius 2 is 1.93 bits per heavy atom. The lowest BCUT2D eigenvalue weighted by Crippen LogP contribution is -2.32. The van der Waals surface area contributed by atoms with E-state index in [1.807, 2.05) is 31.2 Å². The number of hydrogen-bond donors (Lipinski definition) is 1. The van der Waals surface area contributed by atoms with Crippen molar-refractivity contribution in [3.8, 4) is 5.75 Å². The molecule has 0 unspecified atom stereocenters. The fourth-order valence-electron chi connectivity index (χ4n) is 3.21. The topological polar surface area (TPSA) is 54.5 Å². The fraction of sp³-hybridized carbons (Fsp3) is 0.143. The number of benzene rings is 2. The van der Waals surface area contributed by atoms with Crippen LogP contribution < -0.4 is 15.0 Å². The molecule has 0 radical (unpaired) electrons. The van der Waals surface area contributed by atoms with Crippen LogP contribution in [-0.2, 0) is 0 Å². The molecule has 142 valence electrons. The van der Waals surface area contributed by atoms with Gasteiger partial charge in [0, 0.05) is 16.9 Å². The number of rotatable bonds is 5. The zero-order valence-electron chi connectivity index (χ0n) is 15.0. The van der Waals surface area contributed by atoms with Crippen molar-refractivity contribution in [2.45, 2.75) is 13.1 Å². The maximum absolute atomic E-state index is 13.1. The first kappa shape index (κ1) is 18.6. The molecule has 1 aromatic heterocycles. The monoisotopic (exact) mass is 413 g/mol. The molecule has 2 aromatic carbocycles. The number of fused-ring (bicyclic) bond motifs is 1. The summed E-state index contributed by atoms with van der Waals surface area (Å²) < 4.78 is 5.50. The Morgan fingerprint density at radius 1 is 1.14 bits per heavy atom. The van der Waals surface area contributed by atoms with Crippen LogP contribution in [0.15, 0.2) is 60.8 Å². The number of aromatic nitrogens is 1. The number of carbonyl (C=O) groups excluding carboxylic acids is 1. The summed E-state index contributed by atoms with van der Waals surface area (Å²) in [4.78, 5) is 19.2. The maximum atomic E-state index is 13.1. The van der Waals surface area contributed by atoms with Crippen LogP contribution in [0.2, 0.25) is 10.0 Å². The molecule has 28 heavy (non-hydrogen) atoms. The highest BCUT2D eigenvalue weighted by atomic mass is 35.5. The smallest absolute Gasteiger partial charge is 0.262 e. The molecule has 1 aliphatic rings. The van der Waals surface area contributed by atoms with Crippen LogP contribution in [0.25, 0.3) is 0 Å². The number of amides is 1. The van der Waals surface area contributed by atoms with Gasteiger partial charge in [-0.1, -0.05) is 23.2 Å². The molecule has 0 saturated heterocycles. The summed E-state index contributed by atoms with van der Waals surface area (Å²) in [6, 6.07) is 16.1. The average molecular weight is 414 g/mol. The van der Waals surface area contributed by atoms with E-state index in [-0.39, 0.29) is 5.91 Å². The van der Waals surface area contributed by atoms with Crippen LogP contribution in [-0.4, -0.2) is 17.5 Å². The van der Waals surface area contributed by atoms with Crippen LogP contribution in [0.5, 0.6) is 5.75 Å². The second-order valence-corrected chi connectivity index (χ2v) is 7.05. The first-order valence-electron chi connectivity index (χ1n) is 8.81. The Hall–Kier alpha value is -2.76. The lowest BCUT2D eigenvalue weighted by Gasteiger charge is -2.27. The second-order valence-electron chi connectivity index (χ2n) is 6.21. The van der Waals surface area contributed by atoms with E-state index in [9.17, 15) is 4.79 Å². The molecule has 0 fully saturated rings. The lowest BCUT2D eigenvalue weighted by atomic mass is 10.2. The van der Waals surface area contributed by atoms with Crippen LogP contribution in [0.1, 0.15) is 29.1 Å². The Balaban J connectivity index is 1.74. The number of nitrogens with zero attached hydrogens (tertiary/aromatic N) is 2. The van der Waals surface area contributed by atoms with Gasteiger partial charge in [0.05, 0.1) is 28.6 Å². The Morgan fingerprint density at radius 3 is 2.64 bits per heavy atom. The summed E-state index contributed by atoms with van der Waals surface area (Å²) in [5, 5.41) is 4.34. The van der Waals surface area contributed by atoms with Crippen molar-refractivity contribution in [2.24, 2.45) is 0 Å². The normalized spacial score (nSPS) is 15.5. The molecule has 0 bridgehead atoms. The quantitative estimate of drug-likeness (QED) is 0.594. The minimum Gasteiger partial charge on any atom is -0.494 e. The molecule has 5 nitrogen and oxygen atoms in total. The van der Waals surface area contributed by atoms with Gasteiger partial charge in [0.15, 0.2) is 6.17 Å². The zero-order valence-corrected chi connectivity index (χ0v) is 16.5. The molecule has 4 rings (SSSR count). The van der Waals surface area contributed by atoms with Crippen LogP contribution in [0, 0.1) is 0 Å². The summed E-state index contributed by atoms with van der Waals surface area (Å²) in [6.45, 7) is 2.51. The number of pyridine rings is 1. The number of halogens is 2. The highest BCUT2D eigenvalue weighted by molar-refractivity contribution is 6.36. The van der Waals surface area contributed by atoms with E-state index in [0.717, 1.165) is 11.4 Å². The van der Waals surface area contributed by atoms with Crippen molar-refractivity contribution in [1.82, 2.24) is 4.98 Å². The third kappa shape index (κ3) is 3.39. The Bertz CT molecular complexity index is 1020. The molecule has 0 spiro atoms. The van der Waals surface area contributed by atoms with Crippen molar-refractivity contribution in [3.05, 3.63) is 82.1 Å². The van der Waals surface area contributed by atoms with Gasteiger partial charge in [-0.3, -0.25) is 14.7 Å². The second kappa shape index (κ2) is 7.70. The van der Waals surface area contributed by atoms with E-state index in [2.05, 4.69) is 10.3 Å². The highest BCUT2D eigenvalue weighted by Crippen LogP contribution is 2.39. The van der Waals surface area contributed by atoms with Gasteiger partial charge in [0.2, 0.25) is 0 Å². The van der Waals surface area contributed by atoms with Crippen molar-refractivity contribution in [3.63, 3.8) is 0 Å². The van der Waals surface area contributed by atoms with Crippen molar-refractivity contribution >= 4 is 40.5 Å². The van der Waals surface area contributed by atoms with Gasteiger partial charge in [-0.05, 0) is 61.5 Å². The van der Waals surface area contributed by atoms with Crippen LogP contribution in [0.3, 0.4) is 0 Å². The predicted octanol–water partition coefficient (Wildman–Crippen LogP) is 5.56. The van der Waals surface area contributed by atoms with E-state index < -0.39 is 6.17 Å². The van der Waals surface area contributed by atoms with Gasteiger partial charge < -0.3 is 10.1 Å². The molecular formula is C21H17Cl2N3O2. The number of ether oxygens (including phenoxy) is 1. The molecule has 1 aliphatic heterocycles. The zero-order chi connectivity index (χ0) is 19.7. The molecule has 7 heteroatoms. The SMILES string of the molecule is CCOc1ccc(N2C(=O)c3cccnc3[C@H]2Nc2ccc(Cl)cc2Cl)cc1. The third-order valence-electron chi connectivity index (χ3n) is 4.45. The minimum absolute atomic E-state index is 0.130. The summed E-state index contributed by atoms with van der Waals surface area (Å²) >= 11 is 12.3. The molecule has 3 aromatic rings. The van der Waals surface area contributed by atoms with Crippen LogP contribution in [0.4, 0.5) is 11.4 Å². The van der Waals surface area contributed by atoms with Crippen molar-refractivity contribution in [2.75, 3.05) is 16.8 Å². The largest absolute Gasteiger partial charge is 0.494 e. The third-order valence-corrected chi connectivity index (χ3v) is 5.00. The molecule has 0 saturated carbocycles. The van der Waals surface area contributed by atoms with Crippen LogP contribution >= 0.6 is 23.2 Å². The van der Waals surface area contributed by atoms with E-state index in [1.165, 1.54) is 0 Å².